The average molecular weight is 346 g/mol. The van der Waals surface area contributed by atoms with Gasteiger partial charge in [0.1, 0.15) is 0 Å². The number of hydrogen-bond acceptors (Lipinski definition) is 5. The fourth-order valence-electron chi connectivity index (χ4n) is 1.93. The summed E-state index contributed by atoms with van der Waals surface area (Å²) in [6.45, 7) is 4.12. The first-order valence-corrected chi connectivity index (χ1v) is 8.96. The highest BCUT2D eigenvalue weighted by Crippen LogP contribution is 2.27. The number of nitrogens with zero attached hydrogens (tertiary/aromatic N) is 1. The van der Waals surface area contributed by atoms with Gasteiger partial charge in [0.25, 0.3) is 10.0 Å². The van der Waals surface area contributed by atoms with Crippen molar-refractivity contribution in [2.24, 2.45) is 0 Å². The third-order valence-corrected chi connectivity index (χ3v) is 5.62. The molecule has 0 fully saturated rings. The zero-order valence-corrected chi connectivity index (χ0v) is 14.3. The summed E-state index contributed by atoms with van der Waals surface area (Å²) in [5.74, 6) is 0. The Kier molecular flexibility index (Phi) is 4.88. The van der Waals surface area contributed by atoms with Gasteiger partial charge in [0.2, 0.25) is 0 Å². The first-order chi connectivity index (χ1) is 9.83. The van der Waals surface area contributed by atoms with E-state index in [9.17, 15) is 8.42 Å². The van der Waals surface area contributed by atoms with Crippen LogP contribution in [0, 0.1) is 13.8 Å². The number of rotatable bonds is 5. The van der Waals surface area contributed by atoms with Crippen LogP contribution in [0.1, 0.15) is 16.8 Å². The molecular weight excluding hydrogens is 330 g/mol. The largest absolute Gasteiger partial charge is 0.316 e. The van der Waals surface area contributed by atoms with Gasteiger partial charge < -0.3 is 5.32 Å². The molecule has 0 atom stereocenters. The second kappa shape index (κ2) is 6.31. The number of thiazole rings is 1. The highest BCUT2D eigenvalue weighted by atomic mass is 35.5. The molecule has 1 heterocycles. The third kappa shape index (κ3) is 3.74. The van der Waals surface area contributed by atoms with Crippen LogP contribution in [0.15, 0.2) is 22.4 Å². The van der Waals surface area contributed by atoms with Crippen molar-refractivity contribution in [1.82, 2.24) is 10.3 Å². The van der Waals surface area contributed by atoms with Gasteiger partial charge in [-0.3, -0.25) is 4.72 Å². The van der Waals surface area contributed by atoms with Crippen molar-refractivity contribution in [3.05, 3.63) is 39.4 Å². The highest BCUT2D eigenvalue weighted by Gasteiger charge is 2.21. The molecule has 1 aromatic carbocycles. The smallest absolute Gasteiger partial charge is 0.263 e. The second-order valence-corrected chi connectivity index (χ2v) is 7.56. The van der Waals surface area contributed by atoms with Crippen LogP contribution in [0.4, 0.5) is 5.13 Å². The van der Waals surface area contributed by atoms with Crippen LogP contribution in [0.25, 0.3) is 0 Å². The molecule has 0 amide bonds. The standard InChI is InChI=1S/C13H16ClN3O2S2/c1-8-7-20-13(16-8)17-21(18,19)12-5-11(14)4-10(6-15-3)9(12)2/h4-5,7,15H,6H2,1-3H3,(H,16,17). The Hall–Kier alpha value is -1.15. The molecule has 0 aliphatic heterocycles. The van der Waals surface area contributed by atoms with Gasteiger partial charge in [0.05, 0.1) is 10.6 Å². The summed E-state index contributed by atoms with van der Waals surface area (Å²) in [4.78, 5) is 4.29. The Morgan fingerprint density at radius 2 is 2.05 bits per heavy atom. The minimum atomic E-state index is -3.71. The Bertz CT molecular complexity index is 757. The maximum absolute atomic E-state index is 12.5. The van der Waals surface area contributed by atoms with Gasteiger partial charge in [-0.2, -0.15) is 0 Å². The SMILES string of the molecule is CNCc1cc(Cl)cc(S(=O)(=O)Nc2nc(C)cs2)c1C. The van der Waals surface area contributed by atoms with Crippen molar-refractivity contribution in [2.75, 3.05) is 11.8 Å². The average Bonchev–Trinajstić information content (AvgIpc) is 2.78. The first-order valence-electron chi connectivity index (χ1n) is 6.22. The summed E-state index contributed by atoms with van der Waals surface area (Å²) in [6, 6.07) is 3.22. The monoisotopic (exact) mass is 345 g/mol. The lowest BCUT2D eigenvalue weighted by Gasteiger charge is -2.13. The number of nitrogens with one attached hydrogen (secondary N) is 2. The molecule has 0 radical (unpaired) electrons. The topological polar surface area (TPSA) is 71.1 Å². The lowest BCUT2D eigenvalue weighted by molar-refractivity contribution is 0.600. The first kappa shape index (κ1) is 16.2. The van der Waals surface area contributed by atoms with Gasteiger partial charge >= 0.3 is 0 Å². The number of benzene rings is 1. The summed E-state index contributed by atoms with van der Waals surface area (Å²) in [7, 11) is -1.91. The van der Waals surface area contributed by atoms with E-state index in [0.29, 0.717) is 22.3 Å². The summed E-state index contributed by atoms with van der Waals surface area (Å²) >= 11 is 7.29. The van der Waals surface area contributed by atoms with E-state index in [-0.39, 0.29) is 4.90 Å². The minimum Gasteiger partial charge on any atom is -0.316 e. The summed E-state index contributed by atoms with van der Waals surface area (Å²) < 4.78 is 27.5. The number of halogens is 1. The molecule has 0 unspecified atom stereocenters. The molecule has 8 heteroatoms. The van der Waals surface area contributed by atoms with Crippen LogP contribution in [0.2, 0.25) is 5.02 Å². The predicted octanol–water partition coefficient (Wildman–Crippen LogP) is 2.93. The van der Waals surface area contributed by atoms with Crippen LogP contribution in [-0.4, -0.2) is 20.4 Å². The van der Waals surface area contributed by atoms with E-state index in [4.69, 9.17) is 11.6 Å². The number of hydrogen-bond donors (Lipinski definition) is 2. The minimum absolute atomic E-state index is 0.174. The molecule has 2 N–H and O–H groups in total. The molecule has 0 aliphatic carbocycles. The van der Waals surface area contributed by atoms with Gasteiger partial charge in [-0.15, -0.1) is 11.3 Å². The maximum atomic E-state index is 12.5. The Morgan fingerprint density at radius 1 is 1.33 bits per heavy atom. The number of aryl methyl sites for hydroxylation is 1. The molecule has 0 aliphatic rings. The zero-order chi connectivity index (χ0) is 15.6. The van der Waals surface area contributed by atoms with Crippen molar-refractivity contribution >= 4 is 38.1 Å². The second-order valence-electron chi connectivity index (χ2n) is 4.62. The highest BCUT2D eigenvalue weighted by molar-refractivity contribution is 7.93. The van der Waals surface area contributed by atoms with E-state index in [2.05, 4.69) is 15.0 Å². The molecule has 0 saturated heterocycles. The summed E-state index contributed by atoms with van der Waals surface area (Å²) in [5.41, 5.74) is 2.30. The fourth-order valence-corrected chi connectivity index (χ4v) is 4.49. The van der Waals surface area contributed by atoms with Crippen molar-refractivity contribution in [3.63, 3.8) is 0 Å². The zero-order valence-electron chi connectivity index (χ0n) is 11.9. The number of aromatic nitrogens is 1. The number of sulfonamides is 1. The molecule has 5 nitrogen and oxygen atoms in total. The van der Waals surface area contributed by atoms with Gasteiger partial charge in [-0.05, 0) is 44.2 Å². The van der Waals surface area contributed by atoms with E-state index in [0.717, 1.165) is 11.3 Å². The van der Waals surface area contributed by atoms with Gasteiger partial charge in [-0.25, -0.2) is 13.4 Å². The fraction of sp³-hybridized carbons (Fsp3) is 0.308. The van der Waals surface area contributed by atoms with E-state index >= 15 is 0 Å². The predicted molar refractivity (Wildman–Crippen MR) is 86.6 cm³/mol. The molecule has 2 rings (SSSR count). The van der Waals surface area contributed by atoms with Gasteiger partial charge in [-0.1, -0.05) is 11.6 Å². The van der Waals surface area contributed by atoms with E-state index in [1.165, 1.54) is 17.4 Å². The van der Waals surface area contributed by atoms with E-state index in [1.807, 2.05) is 6.92 Å². The van der Waals surface area contributed by atoms with Crippen LogP contribution >= 0.6 is 22.9 Å². The van der Waals surface area contributed by atoms with Crippen molar-refractivity contribution in [3.8, 4) is 0 Å². The van der Waals surface area contributed by atoms with Crippen molar-refractivity contribution in [1.29, 1.82) is 0 Å². The molecule has 1 aromatic heterocycles. The Balaban J connectivity index is 2.44. The molecule has 0 saturated carbocycles. The van der Waals surface area contributed by atoms with E-state index in [1.54, 1.807) is 25.4 Å². The normalized spacial score (nSPS) is 11.6. The molecule has 0 bridgehead atoms. The van der Waals surface area contributed by atoms with Gasteiger partial charge in [0, 0.05) is 16.9 Å². The summed E-state index contributed by atoms with van der Waals surface area (Å²) in [6.07, 6.45) is 0. The van der Waals surface area contributed by atoms with Gasteiger partial charge in [0.15, 0.2) is 5.13 Å². The lowest BCUT2D eigenvalue weighted by atomic mass is 10.1. The van der Waals surface area contributed by atoms with Crippen LogP contribution in [0.5, 0.6) is 0 Å². The number of anilines is 1. The quantitative estimate of drug-likeness (QED) is 0.874. The summed E-state index contributed by atoms with van der Waals surface area (Å²) in [5, 5.41) is 5.53. The molecule has 114 valence electrons. The molecule has 21 heavy (non-hydrogen) atoms. The third-order valence-electron chi connectivity index (χ3n) is 2.93. The van der Waals surface area contributed by atoms with Crippen LogP contribution in [-0.2, 0) is 16.6 Å². The maximum Gasteiger partial charge on any atom is 0.263 e. The molecule has 0 spiro atoms. The molecular formula is C13H16ClN3O2S2. The van der Waals surface area contributed by atoms with E-state index < -0.39 is 10.0 Å². The van der Waals surface area contributed by atoms with Crippen molar-refractivity contribution < 1.29 is 8.42 Å². The van der Waals surface area contributed by atoms with Crippen molar-refractivity contribution in [2.45, 2.75) is 25.3 Å². The van der Waals surface area contributed by atoms with Crippen LogP contribution in [0.3, 0.4) is 0 Å². The Morgan fingerprint density at radius 3 is 2.62 bits per heavy atom. The lowest BCUT2D eigenvalue weighted by Crippen LogP contribution is -2.16. The van der Waals surface area contributed by atoms with Crippen LogP contribution < -0.4 is 10.0 Å². The Labute approximate surface area is 133 Å². The molecule has 2 aromatic rings.